The van der Waals surface area contributed by atoms with Crippen LogP contribution in [0.5, 0.6) is 0 Å². The predicted octanol–water partition coefficient (Wildman–Crippen LogP) is 1.16. The van der Waals surface area contributed by atoms with Crippen molar-refractivity contribution in [2.24, 2.45) is 11.7 Å². The number of nitrogens with two attached hydrogens (primary N) is 1. The summed E-state index contributed by atoms with van der Waals surface area (Å²) in [7, 11) is 0. The van der Waals surface area contributed by atoms with Gasteiger partial charge in [-0.15, -0.1) is 0 Å². The molecule has 0 spiro atoms. The van der Waals surface area contributed by atoms with E-state index in [1.54, 1.807) is 0 Å². The normalized spacial score (nSPS) is 36.5. The third kappa shape index (κ3) is 2.42. The zero-order chi connectivity index (χ0) is 9.84. The van der Waals surface area contributed by atoms with Crippen LogP contribution in [-0.4, -0.2) is 31.5 Å². The van der Waals surface area contributed by atoms with Crippen LogP contribution >= 0.6 is 0 Å². The van der Waals surface area contributed by atoms with E-state index in [2.05, 4.69) is 13.8 Å². The molecule has 0 aromatic rings. The highest BCUT2D eigenvalue weighted by atomic mass is 16.6. The van der Waals surface area contributed by atoms with Crippen LogP contribution in [0.1, 0.15) is 27.2 Å². The molecule has 1 aliphatic heterocycles. The van der Waals surface area contributed by atoms with Crippen LogP contribution in [0, 0.1) is 5.92 Å². The second kappa shape index (κ2) is 4.94. The summed E-state index contributed by atoms with van der Waals surface area (Å²) in [4.78, 5) is 0. The number of hydrogen-bond donors (Lipinski definition) is 1. The molecule has 13 heavy (non-hydrogen) atoms. The van der Waals surface area contributed by atoms with Gasteiger partial charge in [0.1, 0.15) is 6.10 Å². The van der Waals surface area contributed by atoms with Gasteiger partial charge in [-0.3, -0.25) is 0 Å². The van der Waals surface area contributed by atoms with Crippen molar-refractivity contribution in [1.29, 1.82) is 0 Å². The van der Waals surface area contributed by atoms with Crippen LogP contribution in [0.3, 0.4) is 0 Å². The number of rotatable bonds is 4. The molecular formula is C10H21NO2. The second-order valence-corrected chi connectivity index (χ2v) is 3.77. The molecular weight excluding hydrogens is 166 g/mol. The Labute approximate surface area is 80.6 Å². The fourth-order valence-corrected chi connectivity index (χ4v) is 1.79. The molecule has 0 amide bonds. The molecule has 0 aliphatic carbocycles. The first-order chi connectivity index (χ1) is 6.20. The zero-order valence-corrected chi connectivity index (χ0v) is 8.82. The first-order valence-electron chi connectivity index (χ1n) is 5.19. The van der Waals surface area contributed by atoms with Gasteiger partial charge in [0, 0.05) is 6.61 Å². The Hall–Kier alpha value is -0.120. The van der Waals surface area contributed by atoms with Crippen molar-refractivity contribution in [3.8, 4) is 0 Å². The van der Waals surface area contributed by atoms with Crippen LogP contribution in [-0.2, 0) is 9.47 Å². The molecule has 0 radical (unpaired) electrons. The van der Waals surface area contributed by atoms with E-state index in [1.807, 2.05) is 6.92 Å². The maximum Gasteiger partial charge on any atom is 0.101 e. The molecule has 3 nitrogen and oxygen atoms in total. The summed E-state index contributed by atoms with van der Waals surface area (Å²) in [5.41, 5.74) is 5.90. The molecule has 2 N–H and O–H groups in total. The second-order valence-electron chi connectivity index (χ2n) is 3.77. The molecule has 1 rings (SSSR count). The Balaban J connectivity index is 2.52. The Kier molecular flexibility index (Phi) is 4.16. The molecule has 0 bridgehead atoms. The lowest BCUT2D eigenvalue weighted by atomic mass is 9.96. The van der Waals surface area contributed by atoms with Crippen LogP contribution in [0.15, 0.2) is 0 Å². The topological polar surface area (TPSA) is 44.5 Å². The van der Waals surface area contributed by atoms with E-state index >= 15 is 0 Å². The van der Waals surface area contributed by atoms with Gasteiger partial charge in [0.05, 0.1) is 18.8 Å². The first kappa shape index (κ1) is 11.0. The zero-order valence-electron chi connectivity index (χ0n) is 8.82. The molecule has 4 atom stereocenters. The van der Waals surface area contributed by atoms with Crippen LogP contribution in [0.4, 0.5) is 0 Å². The van der Waals surface area contributed by atoms with Gasteiger partial charge in [0.15, 0.2) is 0 Å². The minimum atomic E-state index is 0.0546. The molecule has 0 aromatic carbocycles. The lowest BCUT2D eigenvalue weighted by Crippen LogP contribution is -2.41. The summed E-state index contributed by atoms with van der Waals surface area (Å²) < 4.78 is 11.2. The Morgan fingerprint density at radius 3 is 2.77 bits per heavy atom. The van der Waals surface area contributed by atoms with Crippen molar-refractivity contribution in [1.82, 2.24) is 0 Å². The summed E-state index contributed by atoms with van der Waals surface area (Å²) in [6.45, 7) is 7.71. The molecule has 1 saturated heterocycles. The molecule has 3 heteroatoms. The average Bonchev–Trinajstić information content (AvgIpc) is 2.48. The van der Waals surface area contributed by atoms with Gasteiger partial charge in [-0.2, -0.15) is 0 Å². The fraction of sp³-hybridized carbons (Fsp3) is 1.00. The van der Waals surface area contributed by atoms with E-state index in [-0.39, 0.29) is 18.2 Å². The lowest BCUT2D eigenvalue weighted by Gasteiger charge is -2.25. The molecule has 0 aromatic heterocycles. The third-order valence-electron chi connectivity index (χ3n) is 2.79. The predicted molar refractivity (Wildman–Crippen MR) is 52.6 cm³/mol. The summed E-state index contributed by atoms with van der Waals surface area (Å²) in [6, 6.07) is 0.0546. The quantitative estimate of drug-likeness (QED) is 0.718. The summed E-state index contributed by atoms with van der Waals surface area (Å²) in [5, 5.41) is 0. The molecule has 0 saturated carbocycles. The Morgan fingerprint density at radius 1 is 1.54 bits per heavy atom. The van der Waals surface area contributed by atoms with E-state index in [1.165, 1.54) is 0 Å². The maximum atomic E-state index is 5.90. The van der Waals surface area contributed by atoms with Gasteiger partial charge >= 0.3 is 0 Å². The minimum absolute atomic E-state index is 0.0546. The van der Waals surface area contributed by atoms with Crippen LogP contribution in [0.2, 0.25) is 0 Å². The monoisotopic (exact) mass is 187 g/mol. The van der Waals surface area contributed by atoms with Crippen molar-refractivity contribution >= 4 is 0 Å². The van der Waals surface area contributed by atoms with E-state index in [9.17, 15) is 0 Å². The first-order valence-corrected chi connectivity index (χ1v) is 5.19. The van der Waals surface area contributed by atoms with Crippen LogP contribution < -0.4 is 5.73 Å². The molecule has 1 fully saturated rings. The average molecular weight is 187 g/mol. The van der Waals surface area contributed by atoms with Gasteiger partial charge in [-0.1, -0.05) is 20.3 Å². The standard InChI is InChI=1S/C10H21NO2/c1-4-7(3)9-10(12-5-2)8(11)6-13-9/h7-10H,4-6,11H2,1-3H3/t7?,8?,9?,10-/m0/s1. The van der Waals surface area contributed by atoms with E-state index in [4.69, 9.17) is 15.2 Å². The molecule has 3 unspecified atom stereocenters. The van der Waals surface area contributed by atoms with Gasteiger partial charge < -0.3 is 15.2 Å². The lowest BCUT2D eigenvalue weighted by molar-refractivity contribution is -0.0318. The highest BCUT2D eigenvalue weighted by molar-refractivity contribution is 4.89. The van der Waals surface area contributed by atoms with Gasteiger partial charge in [-0.25, -0.2) is 0 Å². The smallest absolute Gasteiger partial charge is 0.101 e. The highest BCUT2D eigenvalue weighted by Gasteiger charge is 2.38. The Morgan fingerprint density at radius 2 is 2.23 bits per heavy atom. The van der Waals surface area contributed by atoms with E-state index in [0.29, 0.717) is 19.1 Å². The van der Waals surface area contributed by atoms with E-state index in [0.717, 1.165) is 6.42 Å². The van der Waals surface area contributed by atoms with Gasteiger partial charge in [0.25, 0.3) is 0 Å². The van der Waals surface area contributed by atoms with Crippen LogP contribution in [0.25, 0.3) is 0 Å². The number of ether oxygens (including phenoxy) is 2. The molecule has 1 heterocycles. The fourth-order valence-electron chi connectivity index (χ4n) is 1.79. The third-order valence-corrected chi connectivity index (χ3v) is 2.79. The maximum absolute atomic E-state index is 5.90. The molecule has 78 valence electrons. The van der Waals surface area contributed by atoms with E-state index < -0.39 is 0 Å². The van der Waals surface area contributed by atoms with Crippen molar-refractivity contribution in [2.75, 3.05) is 13.2 Å². The SMILES string of the molecule is CCO[C@H]1C(N)COC1C(C)CC. The minimum Gasteiger partial charge on any atom is -0.374 e. The summed E-state index contributed by atoms with van der Waals surface area (Å²) in [6.07, 6.45) is 1.40. The van der Waals surface area contributed by atoms with Crippen molar-refractivity contribution in [2.45, 2.75) is 45.4 Å². The number of hydrogen-bond acceptors (Lipinski definition) is 3. The van der Waals surface area contributed by atoms with Crippen molar-refractivity contribution in [3.63, 3.8) is 0 Å². The van der Waals surface area contributed by atoms with Gasteiger partial charge in [-0.05, 0) is 12.8 Å². The molecule has 1 aliphatic rings. The van der Waals surface area contributed by atoms with Crippen molar-refractivity contribution < 1.29 is 9.47 Å². The van der Waals surface area contributed by atoms with Crippen molar-refractivity contribution in [3.05, 3.63) is 0 Å². The van der Waals surface area contributed by atoms with Gasteiger partial charge in [0.2, 0.25) is 0 Å². The summed E-state index contributed by atoms with van der Waals surface area (Å²) >= 11 is 0. The largest absolute Gasteiger partial charge is 0.374 e. The highest BCUT2D eigenvalue weighted by Crippen LogP contribution is 2.24. The Bertz CT molecular complexity index is 150. The summed E-state index contributed by atoms with van der Waals surface area (Å²) in [5.74, 6) is 0.532.